The Morgan fingerprint density at radius 2 is 1.20 bits per heavy atom. The first-order valence-corrected chi connectivity index (χ1v) is 16.8. The van der Waals surface area contributed by atoms with Crippen molar-refractivity contribution in [2.45, 2.75) is 79.6 Å². The van der Waals surface area contributed by atoms with Gasteiger partial charge in [-0.25, -0.2) is 0 Å². The SMILES string of the molecule is Cc1c(C)c(C(C)(C)C)c(C2=CC=CC2)c2c1-c1c(C)c(=C(c3ccccc3)c3ccccc3)c(C(C)(C)C)cc1=[C]2[Zr+2].[Cl-].[Cl-]. The molecule has 0 fully saturated rings. The molecule has 0 saturated carbocycles. The maximum Gasteiger partial charge on any atom is -1.00 e. The molecule has 6 rings (SSSR count). The van der Waals surface area contributed by atoms with Crippen LogP contribution in [0.25, 0.3) is 25.6 Å². The zero-order valence-corrected chi connectivity index (χ0v) is 32.0. The second kappa shape index (κ2) is 13.0. The fourth-order valence-corrected chi connectivity index (χ4v) is 8.60. The van der Waals surface area contributed by atoms with Crippen LogP contribution in [-0.2, 0) is 35.5 Å². The van der Waals surface area contributed by atoms with Crippen molar-refractivity contribution in [3.8, 4) is 11.1 Å². The van der Waals surface area contributed by atoms with Gasteiger partial charge in [0.05, 0.1) is 0 Å². The summed E-state index contributed by atoms with van der Waals surface area (Å²) in [4.78, 5) is 0. The summed E-state index contributed by atoms with van der Waals surface area (Å²) in [5.74, 6) is 0. The van der Waals surface area contributed by atoms with Crippen molar-refractivity contribution in [1.29, 1.82) is 0 Å². The van der Waals surface area contributed by atoms with Crippen LogP contribution in [0.3, 0.4) is 0 Å². The summed E-state index contributed by atoms with van der Waals surface area (Å²) >= 11 is 1.48. The molecule has 229 valence electrons. The van der Waals surface area contributed by atoms with Crippen molar-refractivity contribution < 1.29 is 49.5 Å². The molecule has 4 aromatic rings. The Hall–Kier alpha value is -2.44. The molecule has 3 heteroatoms. The molecule has 0 unspecified atom stereocenters. The zero-order chi connectivity index (χ0) is 30.8. The Morgan fingerprint density at radius 1 is 0.644 bits per heavy atom. The molecule has 0 aromatic heterocycles. The van der Waals surface area contributed by atoms with Crippen molar-refractivity contribution in [3.05, 3.63) is 145 Å². The molecule has 0 N–H and O–H groups in total. The van der Waals surface area contributed by atoms with Gasteiger partial charge in [-0.1, -0.05) is 0 Å². The smallest absolute Gasteiger partial charge is 1.00 e. The van der Waals surface area contributed by atoms with Crippen LogP contribution in [0.5, 0.6) is 0 Å². The van der Waals surface area contributed by atoms with E-state index in [1.165, 1.54) is 111 Å². The minimum atomic E-state index is -0.0304. The fourth-order valence-electron chi connectivity index (χ4n) is 7.50. The number of benzene rings is 4. The summed E-state index contributed by atoms with van der Waals surface area (Å²) < 4.78 is 1.51. The van der Waals surface area contributed by atoms with Gasteiger partial charge in [-0.05, 0) is 0 Å². The molecule has 45 heavy (non-hydrogen) atoms. The van der Waals surface area contributed by atoms with E-state index in [9.17, 15) is 0 Å². The number of hydrogen-bond donors (Lipinski definition) is 0. The minimum absolute atomic E-state index is 0. The van der Waals surface area contributed by atoms with Gasteiger partial charge in [-0.2, -0.15) is 0 Å². The van der Waals surface area contributed by atoms with Crippen molar-refractivity contribution in [2.24, 2.45) is 0 Å². The third kappa shape index (κ3) is 5.95. The van der Waals surface area contributed by atoms with Gasteiger partial charge in [0, 0.05) is 0 Å². The second-order valence-corrected chi connectivity index (χ2v) is 15.6. The Kier molecular flexibility index (Phi) is 10.2. The summed E-state index contributed by atoms with van der Waals surface area (Å²) in [6.45, 7) is 21.5. The van der Waals surface area contributed by atoms with Crippen molar-refractivity contribution in [3.63, 3.8) is 0 Å². The van der Waals surface area contributed by atoms with E-state index in [1.54, 1.807) is 0 Å². The van der Waals surface area contributed by atoms with E-state index in [0.717, 1.165) is 6.42 Å². The number of fused-ring (bicyclic) bond motifs is 3. The summed E-state index contributed by atoms with van der Waals surface area (Å²) in [6, 6.07) is 24.6. The van der Waals surface area contributed by atoms with Gasteiger partial charge in [-0.15, -0.1) is 0 Å². The van der Waals surface area contributed by atoms with Crippen LogP contribution in [0.15, 0.2) is 85.0 Å². The van der Waals surface area contributed by atoms with Crippen molar-refractivity contribution in [1.82, 2.24) is 0 Å². The molecule has 0 saturated heterocycles. The molecule has 0 radical (unpaired) electrons. The molecule has 0 heterocycles. The summed E-state index contributed by atoms with van der Waals surface area (Å²) in [6.07, 6.45) is 7.93. The number of allylic oxidation sites excluding steroid dienone is 4. The van der Waals surface area contributed by atoms with E-state index in [2.05, 4.69) is 147 Å². The van der Waals surface area contributed by atoms with Crippen LogP contribution in [0.2, 0.25) is 0 Å². The molecular weight excluding hydrogens is 667 g/mol. The van der Waals surface area contributed by atoms with Gasteiger partial charge < -0.3 is 24.8 Å². The second-order valence-electron chi connectivity index (χ2n) is 14.4. The van der Waals surface area contributed by atoms with Gasteiger partial charge in [0.1, 0.15) is 0 Å². The maximum atomic E-state index is 2.57. The number of hydrogen-bond acceptors (Lipinski definition) is 0. The van der Waals surface area contributed by atoms with Crippen LogP contribution in [0.1, 0.15) is 98.0 Å². The molecule has 2 aliphatic carbocycles. The molecule has 4 aromatic carbocycles. The largest absolute Gasteiger partial charge is 1.00 e. The van der Waals surface area contributed by atoms with E-state index in [1.807, 2.05) is 0 Å². The van der Waals surface area contributed by atoms with E-state index >= 15 is 0 Å². The normalized spacial score (nSPS) is 13.6. The van der Waals surface area contributed by atoms with Crippen LogP contribution in [0.4, 0.5) is 0 Å². The van der Waals surface area contributed by atoms with E-state index < -0.39 is 0 Å². The molecule has 0 amide bonds. The molecule has 0 nitrogen and oxygen atoms in total. The summed E-state index contributed by atoms with van der Waals surface area (Å²) in [5.41, 5.74) is 18.5. The Morgan fingerprint density at radius 3 is 1.67 bits per heavy atom. The van der Waals surface area contributed by atoms with Crippen molar-refractivity contribution in [2.75, 3.05) is 0 Å². The first-order valence-electron chi connectivity index (χ1n) is 15.6. The number of rotatable bonds is 3. The van der Waals surface area contributed by atoms with Gasteiger partial charge >= 0.3 is 275 Å². The third-order valence-electron chi connectivity index (χ3n) is 9.43. The monoisotopic (exact) mass is 707 g/mol. The Balaban J connectivity index is 0.00000230. The van der Waals surface area contributed by atoms with Crippen LogP contribution in [-0.4, -0.2) is 0 Å². The average molecular weight is 710 g/mol. The van der Waals surface area contributed by atoms with E-state index in [4.69, 9.17) is 0 Å². The summed E-state index contributed by atoms with van der Waals surface area (Å²) in [5, 5.41) is 2.83. The molecular formula is C42H43Cl2Zr. The molecule has 0 bridgehead atoms. The topological polar surface area (TPSA) is 0 Å². The predicted molar refractivity (Wildman–Crippen MR) is 181 cm³/mol. The Labute approximate surface area is 298 Å². The first kappa shape index (κ1) is 35.4. The van der Waals surface area contributed by atoms with E-state index in [0.29, 0.717) is 0 Å². The predicted octanol–water partition coefficient (Wildman–Crippen LogP) is 3.49. The van der Waals surface area contributed by atoms with Gasteiger partial charge in [-0.3, -0.25) is 0 Å². The molecule has 0 atom stereocenters. The van der Waals surface area contributed by atoms with E-state index in [-0.39, 0.29) is 35.6 Å². The summed E-state index contributed by atoms with van der Waals surface area (Å²) in [7, 11) is 0. The zero-order valence-electron chi connectivity index (χ0n) is 28.0. The van der Waals surface area contributed by atoms with Crippen molar-refractivity contribution >= 4 is 14.4 Å². The third-order valence-corrected chi connectivity index (χ3v) is 10.7. The molecule has 0 spiro atoms. The molecule has 0 aliphatic heterocycles. The molecule has 2 aliphatic rings. The van der Waals surface area contributed by atoms with Crippen LogP contribution < -0.4 is 35.3 Å². The standard InChI is InChI=1S/C42H43.2ClH.Zr/c1-26-27(2)40(42(7,8)9)39(31-22-16-17-23-31)33-24-32-25-34(41(4,5)6)37(28(3)35(32)36(26)33)38(29-18-12-10-13-19-29)30-20-14-11-15-21-30;;;/h10-22,25H,23H2,1-9H3;2*1H;/q;;;+2/p-2. The maximum absolute atomic E-state index is 2.57. The quantitative estimate of drug-likeness (QED) is 0.306. The minimum Gasteiger partial charge on any atom is -1.00 e. The van der Waals surface area contributed by atoms with Gasteiger partial charge in [0.15, 0.2) is 0 Å². The van der Waals surface area contributed by atoms with Crippen LogP contribution >= 0.6 is 0 Å². The Bertz CT molecular complexity index is 1920. The van der Waals surface area contributed by atoms with Crippen LogP contribution in [0, 0.1) is 20.8 Å². The number of halogens is 2. The first-order chi connectivity index (χ1) is 20.3. The average Bonchev–Trinajstić information content (AvgIpc) is 3.59. The fraction of sp³-hybridized carbons (Fsp3) is 0.286. The van der Waals surface area contributed by atoms with Gasteiger partial charge in [0.25, 0.3) is 0 Å². The van der Waals surface area contributed by atoms with Gasteiger partial charge in [0.2, 0.25) is 0 Å².